The fraction of sp³-hybridized carbons (Fsp3) is 0.455. The van der Waals surface area contributed by atoms with Gasteiger partial charge in [-0.15, -0.1) is 11.3 Å². The smallest absolute Gasteiger partial charge is 0.225 e. The summed E-state index contributed by atoms with van der Waals surface area (Å²) < 4.78 is 24.5. The Kier molecular flexibility index (Phi) is 7.08. The van der Waals surface area contributed by atoms with Gasteiger partial charge >= 0.3 is 0 Å². The molecule has 3 heterocycles. The molecule has 4 rings (SSSR count). The first kappa shape index (κ1) is 23.4. The van der Waals surface area contributed by atoms with Gasteiger partial charge in [0.25, 0.3) is 0 Å². The molecule has 0 aliphatic heterocycles. The molecule has 11 heteroatoms. The number of aryl methyl sites for hydroxylation is 2. The van der Waals surface area contributed by atoms with E-state index >= 15 is 0 Å². The van der Waals surface area contributed by atoms with Crippen molar-refractivity contribution in [2.45, 2.75) is 62.7 Å². The number of anilines is 3. The van der Waals surface area contributed by atoms with Crippen LogP contribution in [0.3, 0.4) is 0 Å². The third-order valence-corrected chi connectivity index (χ3v) is 8.50. The Morgan fingerprint density at radius 3 is 2.61 bits per heavy atom. The standard InChI is InChI=1S/C22H29N7O2S2/c1-3-18-24-12-15(19(23)28-18)13-26-22-27-17-8-6-4-5-7-16(17)20(29-22)25-11-14-9-10-32-21(14)33(2,30)31/h9-10,12H,3-8,11,13H2,1-2H3,(H2,23,24,28)(H2,25,26,27,29). The highest BCUT2D eigenvalue weighted by Gasteiger charge is 2.19. The van der Waals surface area contributed by atoms with Crippen LogP contribution < -0.4 is 16.4 Å². The normalized spacial score (nSPS) is 13.9. The zero-order valence-corrected chi connectivity index (χ0v) is 20.5. The molecule has 0 radical (unpaired) electrons. The molecular formula is C22H29N7O2S2. The number of fused-ring (bicyclic) bond motifs is 1. The van der Waals surface area contributed by atoms with Crippen molar-refractivity contribution in [3.8, 4) is 0 Å². The largest absolute Gasteiger partial charge is 0.383 e. The molecule has 0 aromatic carbocycles. The van der Waals surface area contributed by atoms with Gasteiger partial charge in [-0.1, -0.05) is 13.3 Å². The number of sulfone groups is 1. The van der Waals surface area contributed by atoms with Crippen molar-refractivity contribution >= 4 is 38.8 Å². The molecule has 3 aromatic heterocycles. The lowest BCUT2D eigenvalue weighted by Gasteiger charge is -2.16. The number of nitrogens with zero attached hydrogens (tertiary/aromatic N) is 4. The Balaban J connectivity index is 1.57. The van der Waals surface area contributed by atoms with E-state index in [2.05, 4.69) is 20.6 Å². The summed E-state index contributed by atoms with van der Waals surface area (Å²) in [4.78, 5) is 18.2. The molecule has 9 nitrogen and oxygen atoms in total. The van der Waals surface area contributed by atoms with Crippen molar-refractivity contribution in [3.63, 3.8) is 0 Å². The van der Waals surface area contributed by atoms with E-state index in [1.54, 1.807) is 11.6 Å². The molecule has 1 aliphatic carbocycles. The molecule has 0 saturated carbocycles. The molecule has 0 saturated heterocycles. The second-order valence-corrected chi connectivity index (χ2v) is 11.3. The molecule has 176 valence electrons. The van der Waals surface area contributed by atoms with Crippen LogP contribution in [0.15, 0.2) is 21.9 Å². The molecular weight excluding hydrogens is 458 g/mol. The van der Waals surface area contributed by atoms with Gasteiger partial charge in [0.1, 0.15) is 21.7 Å². The molecule has 0 unspecified atom stereocenters. The number of rotatable bonds is 8. The molecule has 0 bridgehead atoms. The monoisotopic (exact) mass is 487 g/mol. The molecule has 1 aliphatic rings. The predicted octanol–water partition coefficient (Wildman–Crippen LogP) is 3.37. The Bertz CT molecular complexity index is 1240. The second kappa shape index (κ2) is 10.0. The Labute approximate surface area is 198 Å². The van der Waals surface area contributed by atoms with Gasteiger partial charge < -0.3 is 16.4 Å². The third-order valence-electron chi connectivity index (χ3n) is 5.62. The minimum absolute atomic E-state index is 0.383. The first-order valence-corrected chi connectivity index (χ1v) is 13.9. The van der Waals surface area contributed by atoms with Crippen LogP contribution in [0.4, 0.5) is 17.6 Å². The van der Waals surface area contributed by atoms with Crippen LogP contribution in [0.25, 0.3) is 0 Å². The average Bonchev–Trinajstić information content (AvgIpc) is 3.14. The molecule has 3 aromatic rings. The highest BCUT2D eigenvalue weighted by Crippen LogP contribution is 2.28. The lowest BCUT2D eigenvalue weighted by atomic mass is 10.1. The van der Waals surface area contributed by atoms with Crippen LogP contribution in [-0.2, 0) is 42.2 Å². The van der Waals surface area contributed by atoms with E-state index in [1.807, 2.05) is 13.0 Å². The first-order chi connectivity index (χ1) is 15.8. The minimum Gasteiger partial charge on any atom is -0.383 e. The summed E-state index contributed by atoms with van der Waals surface area (Å²) in [5.41, 5.74) is 9.77. The van der Waals surface area contributed by atoms with E-state index < -0.39 is 9.84 Å². The van der Waals surface area contributed by atoms with Crippen molar-refractivity contribution in [1.82, 2.24) is 19.9 Å². The van der Waals surface area contributed by atoms with Gasteiger partial charge in [0.05, 0.1) is 5.69 Å². The lowest BCUT2D eigenvalue weighted by molar-refractivity contribution is 0.603. The number of hydrogen-bond acceptors (Lipinski definition) is 10. The van der Waals surface area contributed by atoms with Crippen LogP contribution in [0, 0.1) is 0 Å². The summed E-state index contributed by atoms with van der Waals surface area (Å²) in [7, 11) is -3.26. The van der Waals surface area contributed by atoms with Crippen LogP contribution >= 0.6 is 11.3 Å². The van der Waals surface area contributed by atoms with Gasteiger partial charge in [-0.05, 0) is 37.1 Å². The van der Waals surface area contributed by atoms with Crippen molar-refractivity contribution in [3.05, 3.63) is 45.9 Å². The van der Waals surface area contributed by atoms with Crippen LogP contribution in [0.5, 0.6) is 0 Å². The second-order valence-electron chi connectivity index (χ2n) is 8.14. The van der Waals surface area contributed by atoms with Crippen LogP contribution in [0.1, 0.15) is 54.4 Å². The summed E-state index contributed by atoms with van der Waals surface area (Å²) in [5, 5.41) is 8.45. The maximum atomic E-state index is 12.1. The average molecular weight is 488 g/mol. The van der Waals surface area contributed by atoms with Crippen molar-refractivity contribution in [2.75, 3.05) is 22.6 Å². The summed E-state index contributed by atoms with van der Waals surface area (Å²) in [6.45, 7) is 2.78. The van der Waals surface area contributed by atoms with E-state index in [0.717, 1.165) is 66.7 Å². The number of aromatic nitrogens is 4. The van der Waals surface area contributed by atoms with Gasteiger partial charge in [-0.3, -0.25) is 0 Å². The number of nitrogens with one attached hydrogen (secondary N) is 2. The highest BCUT2D eigenvalue weighted by molar-refractivity contribution is 7.92. The molecule has 33 heavy (non-hydrogen) atoms. The van der Waals surface area contributed by atoms with Gasteiger partial charge in [0.15, 0.2) is 9.84 Å². The third kappa shape index (κ3) is 5.59. The van der Waals surface area contributed by atoms with Crippen molar-refractivity contribution in [2.24, 2.45) is 0 Å². The first-order valence-electron chi connectivity index (χ1n) is 11.1. The van der Waals surface area contributed by atoms with Gasteiger partial charge in [-0.2, -0.15) is 4.98 Å². The fourth-order valence-electron chi connectivity index (χ4n) is 3.89. The lowest BCUT2D eigenvalue weighted by Crippen LogP contribution is -2.14. The zero-order valence-electron chi connectivity index (χ0n) is 18.9. The predicted molar refractivity (Wildman–Crippen MR) is 131 cm³/mol. The Morgan fingerprint density at radius 2 is 1.85 bits per heavy atom. The SMILES string of the molecule is CCc1ncc(CNc2nc3c(c(NCc4ccsc4S(C)(=O)=O)n2)CCCCC3)c(N)n1. The minimum atomic E-state index is -3.26. The molecule has 0 fully saturated rings. The van der Waals surface area contributed by atoms with E-state index in [-0.39, 0.29) is 0 Å². The molecule has 0 spiro atoms. The van der Waals surface area contributed by atoms with Gasteiger partial charge in [0.2, 0.25) is 5.95 Å². The topological polar surface area (TPSA) is 136 Å². The Hall–Kier alpha value is -2.79. The summed E-state index contributed by atoms with van der Waals surface area (Å²) >= 11 is 1.24. The number of nitrogens with two attached hydrogens (primary N) is 1. The van der Waals surface area contributed by atoms with E-state index in [9.17, 15) is 8.42 Å². The quantitative estimate of drug-likeness (QED) is 0.409. The maximum Gasteiger partial charge on any atom is 0.225 e. The maximum absolute atomic E-state index is 12.1. The van der Waals surface area contributed by atoms with E-state index in [1.165, 1.54) is 17.6 Å². The van der Waals surface area contributed by atoms with E-state index in [0.29, 0.717) is 34.9 Å². The summed E-state index contributed by atoms with van der Waals surface area (Å²) in [6, 6.07) is 1.84. The van der Waals surface area contributed by atoms with E-state index in [4.69, 9.17) is 15.7 Å². The van der Waals surface area contributed by atoms with Gasteiger partial charge in [0, 0.05) is 48.7 Å². The molecule has 0 amide bonds. The molecule has 4 N–H and O–H groups in total. The van der Waals surface area contributed by atoms with Crippen molar-refractivity contribution in [1.29, 1.82) is 0 Å². The van der Waals surface area contributed by atoms with Crippen molar-refractivity contribution < 1.29 is 8.42 Å². The Morgan fingerprint density at radius 1 is 1.06 bits per heavy atom. The summed E-state index contributed by atoms with van der Waals surface area (Å²) in [6.07, 6.45) is 8.83. The molecule has 0 atom stereocenters. The van der Waals surface area contributed by atoms with Crippen LogP contribution in [-0.4, -0.2) is 34.6 Å². The fourth-order valence-corrected chi connectivity index (χ4v) is 6.02. The highest BCUT2D eigenvalue weighted by atomic mass is 32.2. The zero-order chi connectivity index (χ0) is 23.4. The van der Waals surface area contributed by atoms with Gasteiger partial charge in [-0.25, -0.2) is 23.4 Å². The summed E-state index contributed by atoms with van der Waals surface area (Å²) in [5.74, 6) is 2.42. The number of hydrogen-bond donors (Lipinski definition) is 3. The number of nitrogen functional groups attached to an aromatic ring is 1. The van der Waals surface area contributed by atoms with Crippen LogP contribution in [0.2, 0.25) is 0 Å². The number of thiophene rings is 1.